The third-order valence-electron chi connectivity index (χ3n) is 2.72. The standard InChI is InChI=1S/C12H15NO/c1-2-5-12(14)10-8-13-11-7-4-3-6-9(10)11/h3-4,6-7,10,13H,2,5,8H2,1H3. The van der Waals surface area contributed by atoms with Crippen molar-refractivity contribution in [2.75, 3.05) is 11.9 Å². The number of hydrogen-bond acceptors (Lipinski definition) is 2. The van der Waals surface area contributed by atoms with Crippen LogP contribution < -0.4 is 5.32 Å². The van der Waals surface area contributed by atoms with E-state index in [1.54, 1.807) is 0 Å². The maximum Gasteiger partial charge on any atom is 0.142 e. The summed E-state index contributed by atoms with van der Waals surface area (Å²) in [6.45, 7) is 2.82. The molecule has 2 heteroatoms. The number of hydrogen-bond donors (Lipinski definition) is 1. The van der Waals surface area contributed by atoms with Crippen molar-refractivity contribution < 1.29 is 4.79 Å². The predicted molar refractivity (Wildman–Crippen MR) is 57.6 cm³/mol. The van der Waals surface area contributed by atoms with Crippen LogP contribution in [0, 0.1) is 0 Å². The van der Waals surface area contributed by atoms with Gasteiger partial charge in [0.1, 0.15) is 5.78 Å². The van der Waals surface area contributed by atoms with E-state index in [-0.39, 0.29) is 5.92 Å². The summed E-state index contributed by atoms with van der Waals surface area (Å²) in [7, 11) is 0. The van der Waals surface area contributed by atoms with E-state index in [2.05, 4.69) is 5.32 Å². The number of benzene rings is 1. The minimum Gasteiger partial charge on any atom is -0.384 e. The lowest BCUT2D eigenvalue weighted by Gasteiger charge is -2.07. The van der Waals surface area contributed by atoms with Crippen molar-refractivity contribution in [1.29, 1.82) is 0 Å². The molecule has 1 aromatic carbocycles. The Bertz CT molecular complexity index is 346. The Labute approximate surface area is 84.3 Å². The molecule has 14 heavy (non-hydrogen) atoms. The molecule has 0 bridgehead atoms. The van der Waals surface area contributed by atoms with Crippen LogP contribution >= 0.6 is 0 Å². The molecule has 0 aliphatic carbocycles. The number of anilines is 1. The van der Waals surface area contributed by atoms with Gasteiger partial charge in [0.2, 0.25) is 0 Å². The molecule has 74 valence electrons. The fourth-order valence-corrected chi connectivity index (χ4v) is 1.99. The number of carbonyl (C=O) groups excluding carboxylic acids is 1. The highest BCUT2D eigenvalue weighted by Gasteiger charge is 2.26. The van der Waals surface area contributed by atoms with Gasteiger partial charge in [0, 0.05) is 18.7 Å². The molecule has 0 amide bonds. The Morgan fingerprint density at radius 3 is 3.07 bits per heavy atom. The van der Waals surface area contributed by atoms with Gasteiger partial charge in [-0.1, -0.05) is 25.1 Å². The first kappa shape index (κ1) is 9.25. The predicted octanol–water partition coefficient (Wildman–Crippen LogP) is 2.56. The summed E-state index contributed by atoms with van der Waals surface area (Å²) < 4.78 is 0. The van der Waals surface area contributed by atoms with E-state index in [9.17, 15) is 4.79 Å². The summed E-state index contributed by atoms with van der Waals surface area (Å²) in [5, 5.41) is 3.27. The summed E-state index contributed by atoms with van der Waals surface area (Å²) in [5.41, 5.74) is 2.30. The monoisotopic (exact) mass is 189 g/mol. The fraction of sp³-hybridized carbons (Fsp3) is 0.417. The molecule has 1 aliphatic rings. The Morgan fingerprint density at radius 2 is 2.29 bits per heavy atom. The first-order valence-corrected chi connectivity index (χ1v) is 5.18. The summed E-state index contributed by atoms with van der Waals surface area (Å²) >= 11 is 0. The molecule has 0 aromatic heterocycles. The molecule has 1 N–H and O–H groups in total. The van der Waals surface area contributed by atoms with Gasteiger partial charge in [-0.2, -0.15) is 0 Å². The summed E-state index contributed by atoms with van der Waals surface area (Å²) in [6, 6.07) is 8.08. The second kappa shape index (κ2) is 3.82. The van der Waals surface area contributed by atoms with E-state index in [0.29, 0.717) is 12.2 Å². The molecule has 2 rings (SSSR count). The van der Waals surface area contributed by atoms with Crippen molar-refractivity contribution in [3.63, 3.8) is 0 Å². The number of ketones is 1. The van der Waals surface area contributed by atoms with Crippen LogP contribution in [0.15, 0.2) is 24.3 Å². The van der Waals surface area contributed by atoms with E-state index < -0.39 is 0 Å². The van der Waals surface area contributed by atoms with E-state index in [0.717, 1.165) is 18.7 Å². The Morgan fingerprint density at radius 1 is 1.50 bits per heavy atom. The Kier molecular flexibility index (Phi) is 2.53. The SMILES string of the molecule is CCCC(=O)C1CNc2ccccc21. The quantitative estimate of drug-likeness (QED) is 0.791. The zero-order valence-electron chi connectivity index (χ0n) is 8.42. The van der Waals surface area contributed by atoms with Gasteiger partial charge >= 0.3 is 0 Å². The summed E-state index contributed by atoms with van der Waals surface area (Å²) in [4.78, 5) is 11.8. The van der Waals surface area contributed by atoms with Crippen LogP contribution in [0.3, 0.4) is 0 Å². The van der Waals surface area contributed by atoms with Gasteiger partial charge in [-0.05, 0) is 18.1 Å². The molecular weight excluding hydrogens is 174 g/mol. The van der Waals surface area contributed by atoms with E-state index >= 15 is 0 Å². The molecular formula is C12H15NO. The molecule has 1 aromatic rings. The second-order valence-electron chi connectivity index (χ2n) is 3.74. The molecule has 0 spiro atoms. The van der Waals surface area contributed by atoms with Gasteiger partial charge in [0.05, 0.1) is 5.92 Å². The summed E-state index contributed by atoms with van der Waals surface area (Å²) in [6.07, 6.45) is 1.64. The third kappa shape index (κ3) is 1.52. The fourth-order valence-electron chi connectivity index (χ4n) is 1.99. The lowest BCUT2D eigenvalue weighted by atomic mass is 9.94. The maximum absolute atomic E-state index is 11.8. The van der Waals surface area contributed by atoms with Gasteiger partial charge < -0.3 is 5.32 Å². The topological polar surface area (TPSA) is 29.1 Å². The minimum atomic E-state index is 0.0890. The smallest absolute Gasteiger partial charge is 0.142 e. The molecule has 1 atom stereocenters. The molecule has 2 nitrogen and oxygen atoms in total. The van der Waals surface area contributed by atoms with Crippen LogP contribution in [0.2, 0.25) is 0 Å². The van der Waals surface area contributed by atoms with Crippen molar-refractivity contribution >= 4 is 11.5 Å². The van der Waals surface area contributed by atoms with Crippen molar-refractivity contribution in [3.05, 3.63) is 29.8 Å². The van der Waals surface area contributed by atoms with Crippen molar-refractivity contribution in [2.24, 2.45) is 0 Å². The van der Waals surface area contributed by atoms with Crippen LogP contribution in [-0.4, -0.2) is 12.3 Å². The molecule has 0 fully saturated rings. The zero-order valence-corrected chi connectivity index (χ0v) is 8.42. The highest BCUT2D eigenvalue weighted by atomic mass is 16.1. The first-order valence-electron chi connectivity index (χ1n) is 5.18. The Hall–Kier alpha value is -1.31. The van der Waals surface area contributed by atoms with Crippen molar-refractivity contribution in [2.45, 2.75) is 25.7 Å². The van der Waals surface area contributed by atoms with E-state index in [4.69, 9.17) is 0 Å². The number of Topliss-reactive ketones (excluding diaryl/α,β-unsaturated/α-hetero) is 1. The zero-order chi connectivity index (χ0) is 9.97. The highest BCUT2D eigenvalue weighted by Crippen LogP contribution is 2.32. The van der Waals surface area contributed by atoms with E-state index in [1.807, 2.05) is 31.2 Å². The van der Waals surface area contributed by atoms with Gasteiger partial charge in [0.15, 0.2) is 0 Å². The molecule has 0 saturated heterocycles. The van der Waals surface area contributed by atoms with Crippen LogP contribution in [0.5, 0.6) is 0 Å². The van der Waals surface area contributed by atoms with Gasteiger partial charge in [-0.15, -0.1) is 0 Å². The third-order valence-corrected chi connectivity index (χ3v) is 2.72. The minimum absolute atomic E-state index is 0.0890. The molecule has 0 radical (unpaired) electrons. The van der Waals surface area contributed by atoms with Gasteiger partial charge in [-0.25, -0.2) is 0 Å². The largest absolute Gasteiger partial charge is 0.384 e. The van der Waals surface area contributed by atoms with Crippen LogP contribution in [-0.2, 0) is 4.79 Å². The molecule has 0 saturated carbocycles. The lowest BCUT2D eigenvalue weighted by Crippen LogP contribution is -2.13. The molecule has 1 aliphatic heterocycles. The van der Waals surface area contributed by atoms with Crippen molar-refractivity contribution in [1.82, 2.24) is 0 Å². The van der Waals surface area contributed by atoms with Crippen molar-refractivity contribution in [3.8, 4) is 0 Å². The first-order chi connectivity index (χ1) is 6.83. The summed E-state index contributed by atoms with van der Waals surface area (Å²) in [5.74, 6) is 0.455. The van der Waals surface area contributed by atoms with Gasteiger partial charge in [0.25, 0.3) is 0 Å². The average Bonchev–Trinajstić information content (AvgIpc) is 2.61. The normalized spacial score (nSPS) is 18.8. The Balaban J connectivity index is 2.21. The van der Waals surface area contributed by atoms with Crippen LogP contribution in [0.4, 0.5) is 5.69 Å². The number of carbonyl (C=O) groups is 1. The van der Waals surface area contributed by atoms with Crippen LogP contribution in [0.1, 0.15) is 31.2 Å². The number of nitrogens with one attached hydrogen (secondary N) is 1. The number of fused-ring (bicyclic) bond motifs is 1. The lowest BCUT2D eigenvalue weighted by molar-refractivity contribution is -0.120. The second-order valence-corrected chi connectivity index (χ2v) is 3.74. The van der Waals surface area contributed by atoms with Crippen LogP contribution in [0.25, 0.3) is 0 Å². The molecule has 1 heterocycles. The number of para-hydroxylation sites is 1. The van der Waals surface area contributed by atoms with E-state index in [1.165, 1.54) is 5.56 Å². The van der Waals surface area contributed by atoms with Gasteiger partial charge in [-0.3, -0.25) is 4.79 Å². The number of rotatable bonds is 3. The molecule has 1 unspecified atom stereocenters. The highest BCUT2D eigenvalue weighted by molar-refractivity contribution is 5.89. The maximum atomic E-state index is 11.8. The average molecular weight is 189 g/mol.